The van der Waals surface area contributed by atoms with Crippen LogP contribution >= 0.6 is 0 Å². The van der Waals surface area contributed by atoms with Gasteiger partial charge in [0.2, 0.25) is 0 Å². The van der Waals surface area contributed by atoms with Crippen LogP contribution in [-0.2, 0) is 12.6 Å². The third-order valence-corrected chi connectivity index (χ3v) is 2.55. The van der Waals surface area contributed by atoms with Gasteiger partial charge in [-0.05, 0) is 38.2 Å². The summed E-state index contributed by atoms with van der Waals surface area (Å²) in [5.74, 6) is -0.0958. The third kappa shape index (κ3) is 4.22. The molecule has 0 radical (unpaired) electrons. The zero-order valence-corrected chi connectivity index (χ0v) is 10.8. The molecule has 1 rings (SSSR count). The molecule has 102 valence electrons. The monoisotopic (exact) mass is 261 g/mol. The maximum absolute atomic E-state index is 12.9. The molecule has 0 aromatic heterocycles. The Morgan fingerprint density at radius 1 is 1.22 bits per heavy atom. The molecule has 1 aromatic rings. The van der Waals surface area contributed by atoms with E-state index in [4.69, 9.17) is 4.74 Å². The van der Waals surface area contributed by atoms with E-state index in [1.807, 2.05) is 25.9 Å². The molecule has 0 heterocycles. The minimum Gasteiger partial charge on any atom is -0.492 e. The Balaban J connectivity index is 2.89. The van der Waals surface area contributed by atoms with Gasteiger partial charge in [0.1, 0.15) is 12.4 Å². The van der Waals surface area contributed by atoms with Crippen molar-refractivity contribution >= 4 is 0 Å². The number of hydrogen-bond acceptors (Lipinski definition) is 2. The van der Waals surface area contributed by atoms with Gasteiger partial charge in [-0.25, -0.2) is 0 Å². The molecule has 0 saturated carbocycles. The Morgan fingerprint density at radius 2 is 1.89 bits per heavy atom. The highest BCUT2D eigenvalue weighted by Crippen LogP contribution is 2.36. The number of benzene rings is 1. The van der Waals surface area contributed by atoms with Gasteiger partial charge in [-0.15, -0.1) is 0 Å². The van der Waals surface area contributed by atoms with Gasteiger partial charge in [-0.1, -0.05) is 13.0 Å². The quantitative estimate of drug-likeness (QED) is 0.807. The average Bonchev–Trinajstić information content (AvgIpc) is 2.27. The van der Waals surface area contributed by atoms with E-state index in [-0.39, 0.29) is 12.4 Å². The van der Waals surface area contributed by atoms with Crippen molar-refractivity contribution in [1.29, 1.82) is 0 Å². The summed E-state index contributed by atoms with van der Waals surface area (Å²) < 4.78 is 43.8. The molecule has 0 N–H and O–H groups in total. The van der Waals surface area contributed by atoms with E-state index in [0.29, 0.717) is 18.5 Å². The van der Waals surface area contributed by atoms with Crippen LogP contribution in [0.4, 0.5) is 13.2 Å². The Morgan fingerprint density at radius 3 is 2.39 bits per heavy atom. The molecule has 0 aliphatic carbocycles. The standard InChI is InChI=1S/C13H18F3NO/c1-4-10-5-6-12(18-8-7-17(2)3)11(9-10)13(14,15)16/h5-6,9H,4,7-8H2,1-3H3. The minimum atomic E-state index is -4.38. The van der Waals surface area contributed by atoms with Crippen molar-refractivity contribution < 1.29 is 17.9 Å². The van der Waals surface area contributed by atoms with Crippen LogP contribution in [0, 0.1) is 0 Å². The maximum Gasteiger partial charge on any atom is 0.419 e. The fraction of sp³-hybridized carbons (Fsp3) is 0.538. The van der Waals surface area contributed by atoms with Gasteiger partial charge < -0.3 is 9.64 Å². The molecule has 0 amide bonds. The third-order valence-electron chi connectivity index (χ3n) is 2.55. The van der Waals surface area contributed by atoms with Gasteiger partial charge in [-0.2, -0.15) is 13.2 Å². The van der Waals surface area contributed by atoms with Crippen molar-refractivity contribution in [2.24, 2.45) is 0 Å². The van der Waals surface area contributed by atoms with E-state index in [9.17, 15) is 13.2 Å². The van der Waals surface area contributed by atoms with Crippen LogP contribution in [-0.4, -0.2) is 32.1 Å². The molecule has 18 heavy (non-hydrogen) atoms. The molecule has 0 spiro atoms. The van der Waals surface area contributed by atoms with Gasteiger partial charge >= 0.3 is 6.18 Å². The average molecular weight is 261 g/mol. The largest absolute Gasteiger partial charge is 0.492 e. The van der Waals surface area contributed by atoms with Crippen molar-refractivity contribution in [2.75, 3.05) is 27.2 Å². The molecule has 0 saturated heterocycles. The second-order valence-electron chi connectivity index (χ2n) is 4.33. The zero-order chi connectivity index (χ0) is 13.8. The van der Waals surface area contributed by atoms with Crippen molar-refractivity contribution in [2.45, 2.75) is 19.5 Å². The highest BCUT2D eigenvalue weighted by molar-refractivity contribution is 5.39. The summed E-state index contributed by atoms with van der Waals surface area (Å²) in [7, 11) is 3.68. The molecule has 0 aliphatic rings. The Hall–Kier alpha value is -1.23. The lowest BCUT2D eigenvalue weighted by atomic mass is 10.1. The molecule has 5 heteroatoms. The van der Waals surface area contributed by atoms with Crippen LogP contribution in [0.5, 0.6) is 5.75 Å². The number of alkyl halides is 3. The van der Waals surface area contributed by atoms with Gasteiger partial charge in [-0.3, -0.25) is 0 Å². The highest BCUT2D eigenvalue weighted by atomic mass is 19.4. The van der Waals surface area contributed by atoms with Crippen LogP contribution in [0.3, 0.4) is 0 Å². The lowest BCUT2D eigenvalue weighted by Gasteiger charge is -2.16. The second kappa shape index (κ2) is 6.09. The summed E-state index contributed by atoms with van der Waals surface area (Å²) in [5.41, 5.74) is -0.0390. The van der Waals surface area contributed by atoms with Crippen LogP contribution < -0.4 is 4.74 Å². The van der Waals surface area contributed by atoms with Gasteiger partial charge in [0.25, 0.3) is 0 Å². The van der Waals surface area contributed by atoms with Crippen LogP contribution in [0.25, 0.3) is 0 Å². The zero-order valence-electron chi connectivity index (χ0n) is 10.8. The lowest BCUT2D eigenvalue weighted by molar-refractivity contribution is -0.139. The number of ether oxygens (including phenoxy) is 1. The van der Waals surface area contributed by atoms with Crippen LogP contribution in [0.2, 0.25) is 0 Å². The highest BCUT2D eigenvalue weighted by Gasteiger charge is 2.34. The molecule has 1 aromatic carbocycles. The number of likely N-dealkylation sites (N-methyl/N-ethyl adjacent to an activating group) is 1. The number of rotatable bonds is 5. The minimum absolute atomic E-state index is 0.0958. The van der Waals surface area contributed by atoms with E-state index in [1.165, 1.54) is 6.07 Å². The smallest absolute Gasteiger partial charge is 0.419 e. The van der Waals surface area contributed by atoms with Crippen molar-refractivity contribution in [3.63, 3.8) is 0 Å². The van der Waals surface area contributed by atoms with E-state index in [0.717, 1.165) is 6.07 Å². The SMILES string of the molecule is CCc1ccc(OCCN(C)C)c(C(F)(F)F)c1. The molecule has 0 unspecified atom stereocenters. The first-order valence-electron chi connectivity index (χ1n) is 5.82. The molecule has 0 aliphatic heterocycles. The summed E-state index contributed by atoms with van der Waals surface area (Å²) in [6.45, 7) is 2.64. The van der Waals surface area contributed by atoms with Gasteiger partial charge in [0, 0.05) is 6.54 Å². The molecule has 0 atom stereocenters. The summed E-state index contributed by atoms with van der Waals surface area (Å²) >= 11 is 0. The Kier molecular flexibility index (Phi) is 5.02. The lowest BCUT2D eigenvalue weighted by Crippen LogP contribution is -2.20. The topological polar surface area (TPSA) is 12.5 Å². The van der Waals surface area contributed by atoms with Crippen molar-refractivity contribution in [3.8, 4) is 5.75 Å². The summed E-state index contributed by atoms with van der Waals surface area (Å²) in [6.07, 6.45) is -3.81. The first-order chi connectivity index (χ1) is 8.34. The van der Waals surface area contributed by atoms with E-state index in [2.05, 4.69) is 0 Å². The fourth-order valence-electron chi connectivity index (χ4n) is 1.48. The van der Waals surface area contributed by atoms with Crippen molar-refractivity contribution in [1.82, 2.24) is 4.90 Å². The van der Waals surface area contributed by atoms with E-state index >= 15 is 0 Å². The second-order valence-corrected chi connectivity index (χ2v) is 4.33. The molecular weight excluding hydrogens is 243 g/mol. The predicted molar refractivity (Wildman–Crippen MR) is 64.9 cm³/mol. The van der Waals surface area contributed by atoms with E-state index in [1.54, 1.807) is 6.07 Å². The number of aryl methyl sites for hydroxylation is 1. The molecule has 2 nitrogen and oxygen atoms in total. The summed E-state index contributed by atoms with van der Waals surface area (Å²) in [4.78, 5) is 1.85. The number of nitrogens with zero attached hydrogens (tertiary/aromatic N) is 1. The van der Waals surface area contributed by atoms with Crippen molar-refractivity contribution in [3.05, 3.63) is 29.3 Å². The molecular formula is C13H18F3NO. The van der Waals surface area contributed by atoms with Gasteiger partial charge in [0.05, 0.1) is 5.56 Å². The van der Waals surface area contributed by atoms with Crippen LogP contribution in [0.15, 0.2) is 18.2 Å². The Labute approximate surface area is 105 Å². The fourth-order valence-corrected chi connectivity index (χ4v) is 1.48. The first-order valence-corrected chi connectivity index (χ1v) is 5.82. The van der Waals surface area contributed by atoms with Gasteiger partial charge in [0.15, 0.2) is 0 Å². The maximum atomic E-state index is 12.9. The molecule has 0 bridgehead atoms. The summed E-state index contributed by atoms with van der Waals surface area (Å²) in [5, 5.41) is 0. The van der Waals surface area contributed by atoms with E-state index < -0.39 is 11.7 Å². The van der Waals surface area contributed by atoms with Crippen LogP contribution in [0.1, 0.15) is 18.1 Å². The Bertz CT molecular complexity index is 388. The predicted octanol–water partition coefficient (Wildman–Crippen LogP) is 3.21. The number of halogens is 3. The summed E-state index contributed by atoms with van der Waals surface area (Å²) in [6, 6.07) is 4.22. The number of hydrogen-bond donors (Lipinski definition) is 0. The normalized spacial score (nSPS) is 11.9. The molecule has 0 fully saturated rings. The first kappa shape index (κ1) is 14.8.